The van der Waals surface area contributed by atoms with E-state index in [1.54, 1.807) is 0 Å². The van der Waals surface area contributed by atoms with Crippen molar-refractivity contribution >= 4 is 25.7 Å². The Balaban J connectivity index is 4.21. The maximum Gasteiger partial charge on any atom is 0.472 e. The van der Waals surface area contributed by atoms with Gasteiger partial charge in [-0.2, -0.15) is 0 Å². The van der Waals surface area contributed by atoms with Crippen molar-refractivity contribution in [2.45, 2.75) is 270 Å². The molecule has 0 fully saturated rings. The zero-order chi connectivity index (χ0) is 47.0. The molecule has 376 valence electrons. The Morgan fingerprint density at radius 3 is 1.22 bits per heavy atom. The highest BCUT2D eigenvalue weighted by Crippen LogP contribution is 2.43. The van der Waals surface area contributed by atoms with Crippen molar-refractivity contribution in [3.05, 3.63) is 24.3 Å². The molecule has 0 aliphatic heterocycles. The molecule has 0 aliphatic carbocycles. The highest BCUT2D eigenvalue weighted by atomic mass is 31.2. The van der Waals surface area contributed by atoms with Crippen LogP contribution in [0.2, 0.25) is 0 Å². The van der Waals surface area contributed by atoms with Gasteiger partial charge in [0.1, 0.15) is 12.6 Å². The summed E-state index contributed by atoms with van der Waals surface area (Å²) in [6, 6.07) is -1.52. The Labute approximate surface area is 391 Å². The number of carboxylic acid groups (broad SMARTS) is 1. The van der Waals surface area contributed by atoms with Gasteiger partial charge in [0.15, 0.2) is 6.10 Å². The van der Waals surface area contributed by atoms with Crippen molar-refractivity contribution in [3.8, 4) is 0 Å². The maximum absolute atomic E-state index is 12.7. The zero-order valence-electron chi connectivity index (χ0n) is 41.1. The van der Waals surface area contributed by atoms with Crippen molar-refractivity contribution < 1.29 is 47.5 Å². The number of esters is 2. The molecule has 0 heterocycles. The first kappa shape index (κ1) is 62.0. The lowest BCUT2D eigenvalue weighted by molar-refractivity contribution is -0.161. The summed E-state index contributed by atoms with van der Waals surface area (Å²) in [6.07, 6.45) is 52.4. The first-order chi connectivity index (χ1) is 31.1. The molecule has 0 aromatic rings. The van der Waals surface area contributed by atoms with Gasteiger partial charge in [-0.15, -0.1) is 0 Å². The summed E-state index contributed by atoms with van der Waals surface area (Å²) in [7, 11) is -4.72. The second-order valence-corrected chi connectivity index (χ2v) is 19.5. The van der Waals surface area contributed by atoms with Gasteiger partial charge in [-0.05, 0) is 44.9 Å². The van der Waals surface area contributed by atoms with Gasteiger partial charge in [0.2, 0.25) is 0 Å². The summed E-state index contributed by atoms with van der Waals surface area (Å²) in [5, 5.41) is 8.93. The number of carbonyl (C=O) groups is 3. The molecule has 0 amide bonds. The summed E-state index contributed by atoms with van der Waals surface area (Å²) >= 11 is 0. The topological polar surface area (TPSA) is 172 Å². The van der Waals surface area contributed by atoms with Crippen LogP contribution in [0.1, 0.15) is 258 Å². The van der Waals surface area contributed by atoms with Crippen LogP contribution in [-0.4, -0.2) is 59.9 Å². The summed E-state index contributed by atoms with van der Waals surface area (Å²) < 4.78 is 32.9. The number of hydrogen-bond donors (Lipinski definition) is 3. The lowest BCUT2D eigenvalue weighted by Crippen LogP contribution is -2.34. The smallest absolute Gasteiger partial charge is 0.472 e. The molecule has 0 aromatic carbocycles. The number of hydrogen-bond acceptors (Lipinski definition) is 9. The minimum atomic E-state index is -4.72. The minimum absolute atomic E-state index is 0.160. The van der Waals surface area contributed by atoms with Gasteiger partial charge < -0.3 is 25.2 Å². The molecular weight excluding hydrogens is 830 g/mol. The van der Waals surface area contributed by atoms with Crippen molar-refractivity contribution in [2.24, 2.45) is 5.73 Å². The van der Waals surface area contributed by atoms with Gasteiger partial charge in [0.05, 0.1) is 13.2 Å². The monoisotopic (exact) mass is 928 g/mol. The van der Waals surface area contributed by atoms with Crippen molar-refractivity contribution in [1.29, 1.82) is 0 Å². The number of aliphatic carboxylic acids is 1. The quantitative estimate of drug-likeness (QED) is 0.0229. The summed E-state index contributed by atoms with van der Waals surface area (Å²) in [6.45, 7) is 2.84. The number of ether oxygens (including phenoxy) is 2. The molecule has 4 N–H and O–H groups in total. The van der Waals surface area contributed by atoms with Gasteiger partial charge >= 0.3 is 25.7 Å². The lowest BCUT2D eigenvalue weighted by atomic mass is 10.0. The molecule has 0 aromatic heterocycles. The Bertz CT molecular complexity index is 1180. The number of rotatable bonds is 50. The van der Waals surface area contributed by atoms with Gasteiger partial charge in [-0.1, -0.05) is 224 Å². The SMILES string of the molecule is CCCCCCC/C=C\C/C=C\CCCCCCCCCCCC(=O)OC(COC(=O)CCCCCCCCCCCCCCCCCCCCC)COP(=O)(O)OCC(N)C(=O)O. The number of phosphoric acid groups is 1. The van der Waals surface area contributed by atoms with E-state index in [1.807, 2.05) is 0 Å². The van der Waals surface area contributed by atoms with Crippen LogP contribution in [0.25, 0.3) is 0 Å². The molecule has 0 spiro atoms. The third-order valence-corrected chi connectivity index (χ3v) is 12.7. The summed E-state index contributed by atoms with van der Waals surface area (Å²) in [5.74, 6) is -2.36. The van der Waals surface area contributed by atoms with Crippen LogP contribution in [0.15, 0.2) is 24.3 Å². The second-order valence-electron chi connectivity index (χ2n) is 18.0. The van der Waals surface area contributed by atoms with Crippen LogP contribution in [0.3, 0.4) is 0 Å². The Morgan fingerprint density at radius 2 is 0.828 bits per heavy atom. The average molecular weight is 928 g/mol. The fourth-order valence-corrected chi connectivity index (χ4v) is 8.35. The number of carbonyl (C=O) groups excluding carboxylic acids is 2. The van der Waals surface area contributed by atoms with Crippen LogP contribution in [-0.2, 0) is 37.5 Å². The molecule has 0 rings (SSSR count). The van der Waals surface area contributed by atoms with Crippen molar-refractivity contribution in [2.75, 3.05) is 19.8 Å². The van der Waals surface area contributed by atoms with E-state index in [4.69, 9.17) is 24.8 Å². The van der Waals surface area contributed by atoms with E-state index in [-0.39, 0.29) is 19.4 Å². The highest BCUT2D eigenvalue weighted by Gasteiger charge is 2.28. The summed E-state index contributed by atoms with van der Waals surface area (Å²) in [5.41, 5.74) is 5.36. The van der Waals surface area contributed by atoms with Gasteiger partial charge in [0.25, 0.3) is 0 Å². The van der Waals surface area contributed by atoms with Crippen molar-refractivity contribution in [1.82, 2.24) is 0 Å². The Morgan fingerprint density at radius 1 is 0.484 bits per heavy atom. The second kappa shape index (κ2) is 47.5. The molecule has 0 aliphatic rings. The molecule has 0 bridgehead atoms. The third-order valence-electron chi connectivity index (χ3n) is 11.7. The predicted octanol–water partition coefficient (Wildman–Crippen LogP) is 15.0. The van der Waals surface area contributed by atoms with E-state index in [0.29, 0.717) is 12.8 Å². The normalized spacial score (nSPS) is 13.7. The Kier molecular flexibility index (Phi) is 45.9. The van der Waals surface area contributed by atoms with Crippen molar-refractivity contribution in [3.63, 3.8) is 0 Å². The minimum Gasteiger partial charge on any atom is -0.480 e. The number of phosphoric ester groups is 1. The maximum atomic E-state index is 12.7. The molecule has 3 atom stereocenters. The van der Waals surface area contributed by atoms with E-state index >= 15 is 0 Å². The van der Waals surface area contributed by atoms with E-state index in [1.165, 1.54) is 167 Å². The number of allylic oxidation sites excluding steroid dienone is 4. The van der Waals surface area contributed by atoms with Crippen LogP contribution < -0.4 is 5.73 Å². The zero-order valence-corrected chi connectivity index (χ0v) is 42.0. The number of nitrogens with two attached hydrogens (primary N) is 1. The molecule has 3 unspecified atom stereocenters. The fraction of sp³-hybridized carbons (Fsp3) is 0.865. The Hall–Kier alpha value is -2.04. The van der Waals surface area contributed by atoms with E-state index in [0.717, 1.165) is 51.4 Å². The molecule has 0 saturated heterocycles. The van der Waals surface area contributed by atoms with Crippen LogP contribution in [0.4, 0.5) is 0 Å². The molecule has 64 heavy (non-hydrogen) atoms. The molecular formula is C52H98NO10P. The lowest BCUT2D eigenvalue weighted by Gasteiger charge is -2.20. The number of unbranched alkanes of at least 4 members (excludes halogenated alkanes) is 32. The predicted molar refractivity (Wildman–Crippen MR) is 263 cm³/mol. The molecule has 0 saturated carbocycles. The van der Waals surface area contributed by atoms with Crippen LogP contribution in [0, 0.1) is 0 Å². The van der Waals surface area contributed by atoms with Gasteiger partial charge in [-0.25, -0.2) is 4.57 Å². The van der Waals surface area contributed by atoms with Gasteiger partial charge in [0, 0.05) is 12.8 Å². The van der Waals surface area contributed by atoms with Crippen LogP contribution in [0.5, 0.6) is 0 Å². The summed E-state index contributed by atoms with van der Waals surface area (Å²) in [4.78, 5) is 46.2. The van der Waals surface area contributed by atoms with E-state index < -0.39 is 51.1 Å². The number of carboxylic acids is 1. The third kappa shape index (κ3) is 46.5. The standard InChI is InChI=1S/C52H98NO10P/c1-3-5-7-9-11-13-15-17-19-21-23-24-26-28-30-32-34-36-38-40-42-44-51(55)63-48(46-61-64(58,59)62-47-49(53)52(56)57)45-60-50(54)43-41-39-37-35-33-31-29-27-25-22-20-18-16-14-12-10-8-6-4-2/h15,17,21,23,48-49H,3-14,16,18-20,22,24-47,53H2,1-2H3,(H,56,57)(H,58,59)/b17-15-,23-21-. The first-order valence-corrected chi connectivity index (χ1v) is 27.9. The molecule has 0 radical (unpaired) electrons. The largest absolute Gasteiger partial charge is 0.480 e. The van der Waals surface area contributed by atoms with Gasteiger partial charge in [-0.3, -0.25) is 23.4 Å². The van der Waals surface area contributed by atoms with E-state index in [9.17, 15) is 23.8 Å². The average Bonchev–Trinajstić information content (AvgIpc) is 3.27. The van der Waals surface area contributed by atoms with Crippen LogP contribution >= 0.6 is 7.82 Å². The molecule has 11 nitrogen and oxygen atoms in total. The first-order valence-electron chi connectivity index (χ1n) is 26.4. The van der Waals surface area contributed by atoms with E-state index in [2.05, 4.69) is 42.7 Å². The fourth-order valence-electron chi connectivity index (χ4n) is 7.57. The highest BCUT2D eigenvalue weighted by molar-refractivity contribution is 7.47. The molecule has 12 heteroatoms.